The molecule has 6 heteroatoms. The van der Waals surface area contributed by atoms with Gasteiger partial charge in [-0.15, -0.1) is 0 Å². The van der Waals surface area contributed by atoms with E-state index in [1.807, 2.05) is 13.8 Å². The third-order valence-corrected chi connectivity index (χ3v) is 4.59. The second-order valence-electron chi connectivity index (χ2n) is 6.10. The van der Waals surface area contributed by atoms with E-state index in [9.17, 15) is 18.7 Å². The maximum Gasteiger partial charge on any atom is 0.337 e. The van der Waals surface area contributed by atoms with Crippen molar-refractivity contribution in [3.05, 3.63) is 59.3 Å². The number of aromatic carboxylic acids is 1. The molecule has 1 aromatic heterocycles. The third-order valence-electron chi connectivity index (χ3n) is 4.59. The molecule has 0 radical (unpaired) electrons. The predicted octanol–water partition coefficient (Wildman–Crippen LogP) is 5.69. The molecule has 4 nitrogen and oxygen atoms in total. The molecule has 1 unspecified atom stereocenters. The summed E-state index contributed by atoms with van der Waals surface area (Å²) in [5.41, 5.74) is 0.998. The molecule has 1 saturated heterocycles. The van der Waals surface area contributed by atoms with Gasteiger partial charge in [0.2, 0.25) is 0 Å². The highest BCUT2D eigenvalue weighted by molar-refractivity contribution is 6.04. The number of fused-ring (bicyclic) bond motifs is 1. The minimum Gasteiger partial charge on any atom is -0.478 e. The van der Waals surface area contributed by atoms with Gasteiger partial charge in [0.05, 0.1) is 28.1 Å². The van der Waals surface area contributed by atoms with Gasteiger partial charge in [-0.3, -0.25) is 0 Å². The molecule has 2 heterocycles. The van der Waals surface area contributed by atoms with E-state index in [1.54, 1.807) is 24.3 Å². The van der Waals surface area contributed by atoms with Gasteiger partial charge in [0.15, 0.2) is 0 Å². The molecular weight excluding hydrogens is 352 g/mol. The number of ether oxygens (including phenoxy) is 1. The molecule has 0 aliphatic carbocycles. The molecule has 27 heavy (non-hydrogen) atoms. The Morgan fingerprint density at radius 2 is 1.93 bits per heavy atom. The van der Waals surface area contributed by atoms with E-state index in [-0.39, 0.29) is 28.1 Å². The number of rotatable bonds is 3. The highest BCUT2D eigenvalue weighted by Crippen LogP contribution is 2.35. The second-order valence-corrected chi connectivity index (χ2v) is 6.10. The van der Waals surface area contributed by atoms with Crippen molar-refractivity contribution in [2.75, 3.05) is 6.61 Å². The number of H-pyrrole nitrogens is 1. The van der Waals surface area contributed by atoms with E-state index in [1.165, 1.54) is 6.20 Å². The number of halogens is 2. The Labute approximate surface area is 155 Å². The Kier molecular flexibility index (Phi) is 5.56. The maximum atomic E-state index is 14.9. The van der Waals surface area contributed by atoms with Crippen LogP contribution in [0.4, 0.5) is 8.78 Å². The highest BCUT2D eigenvalue weighted by Gasteiger charge is 2.22. The molecule has 2 aromatic carbocycles. The topological polar surface area (TPSA) is 62.3 Å². The van der Waals surface area contributed by atoms with Crippen LogP contribution < -0.4 is 0 Å². The summed E-state index contributed by atoms with van der Waals surface area (Å²) in [6, 6.07) is 7.98. The van der Waals surface area contributed by atoms with Crippen LogP contribution >= 0.6 is 0 Å². The first-order valence-corrected chi connectivity index (χ1v) is 9.00. The monoisotopic (exact) mass is 373 g/mol. The third kappa shape index (κ3) is 3.45. The van der Waals surface area contributed by atoms with Crippen molar-refractivity contribution in [3.8, 4) is 11.1 Å². The number of aromatic amines is 1. The van der Waals surface area contributed by atoms with Gasteiger partial charge < -0.3 is 14.8 Å². The lowest BCUT2D eigenvalue weighted by Gasteiger charge is -2.12. The Morgan fingerprint density at radius 3 is 2.52 bits per heavy atom. The molecule has 0 saturated carbocycles. The fraction of sp³-hybridized carbons (Fsp3) is 0.286. The van der Waals surface area contributed by atoms with Crippen LogP contribution in [0, 0.1) is 11.6 Å². The van der Waals surface area contributed by atoms with Crippen molar-refractivity contribution in [1.29, 1.82) is 0 Å². The van der Waals surface area contributed by atoms with Gasteiger partial charge in [-0.1, -0.05) is 38.1 Å². The van der Waals surface area contributed by atoms with Crippen LogP contribution in [0.25, 0.3) is 22.0 Å². The van der Waals surface area contributed by atoms with Crippen molar-refractivity contribution < 1.29 is 23.4 Å². The molecule has 0 spiro atoms. The molecule has 1 atom stereocenters. The summed E-state index contributed by atoms with van der Waals surface area (Å²) in [7, 11) is 0. The van der Waals surface area contributed by atoms with E-state index in [0.717, 1.165) is 31.1 Å². The molecule has 4 rings (SSSR count). The Hall–Kier alpha value is -2.73. The second kappa shape index (κ2) is 7.88. The van der Waals surface area contributed by atoms with Gasteiger partial charge in [-0.05, 0) is 30.0 Å². The molecule has 0 bridgehead atoms. The lowest BCUT2D eigenvalue weighted by molar-refractivity contribution is 0.0698. The van der Waals surface area contributed by atoms with E-state index in [0.29, 0.717) is 5.56 Å². The summed E-state index contributed by atoms with van der Waals surface area (Å²) in [4.78, 5) is 13.9. The molecule has 2 N–H and O–H groups in total. The number of aromatic nitrogens is 1. The normalized spacial score (nSPS) is 16.2. The van der Waals surface area contributed by atoms with Gasteiger partial charge in [0.1, 0.15) is 11.6 Å². The van der Waals surface area contributed by atoms with Crippen molar-refractivity contribution in [2.24, 2.45) is 0 Å². The Balaban J connectivity index is 0.00000102. The summed E-state index contributed by atoms with van der Waals surface area (Å²) >= 11 is 0. The first-order chi connectivity index (χ1) is 13.1. The van der Waals surface area contributed by atoms with Crippen molar-refractivity contribution in [3.63, 3.8) is 0 Å². The van der Waals surface area contributed by atoms with Gasteiger partial charge in [0.25, 0.3) is 0 Å². The standard InChI is InChI=1S/C19H15F2NO3.C2H6/c20-13-8-14-17(12(9-22-14)19(23)24)18(21)16(13)11-5-3-10(4-6-11)15-2-1-7-25-15;1-2/h3-6,8-9,15,22H,1-2,7H2,(H,23,24);1-2H3. The van der Waals surface area contributed by atoms with Crippen LogP contribution in [-0.2, 0) is 4.74 Å². The van der Waals surface area contributed by atoms with Gasteiger partial charge >= 0.3 is 5.97 Å². The van der Waals surface area contributed by atoms with Crippen LogP contribution in [0.15, 0.2) is 36.5 Å². The summed E-state index contributed by atoms with van der Waals surface area (Å²) in [5.74, 6) is -2.89. The number of benzene rings is 2. The predicted molar refractivity (Wildman–Crippen MR) is 99.9 cm³/mol. The molecule has 1 aliphatic rings. The quantitative estimate of drug-likeness (QED) is 0.620. The molecule has 142 valence electrons. The van der Waals surface area contributed by atoms with Crippen LogP contribution in [-0.4, -0.2) is 22.7 Å². The number of carboxylic acid groups (broad SMARTS) is 1. The van der Waals surface area contributed by atoms with E-state index in [4.69, 9.17) is 4.74 Å². The maximum absolute atomic E-state index is 14.9. The average Bonchev–Trinajstić information content (AvgIpc) is 3.34. The lowest BCUT2D eigenvalue weighted by atomic mass is 9.98. The van der Waals surface area contributed by atoms with Crippen molar-refractivity contribution in [2.45, 2.75) is 32.8 Å². The first kappa shape index (κ1) is 19.0. The van der Waals surface area contributed by atoms with E-state index < -0.39 is 17.6 Å². The van der Waals surface area contributed by atoms with Gasteiger partial charge in [0, 0.05) is 12.8 Å². The number of hydrogen-bond donors (Lipinski definition) is 2. The molecular formula is C21H21F2NO3. The summed E-state index contributed by atoms with van der Waals surface area (Å²) in [6.45, 7) is 4.72. The molecule has 1 aliphatic heterocycles. The van der Waals surface area contributed by atoms with E-state index >= 15 is 0 Å². The smallest absolute Gasteiger partial charge is 0.337 e. The summed E-state index contributed by atoms with van der Waals surface area (Å²) in [6.07, 6.45) is 3.12. The van der Waals surface area contributed by atoms with Crippen LogP contribution in [0.2, 0.25) is 0 Å². The minimum absolute atomic E-state index is 0.0227. The Bertz CT molecular complexity index is 958. The fourth-order valence-electron chi connectivity index (χ4n) is 3.36. The largest absolute Gasteiger partial charge is 0.478 e. The number of carbonyl (C=O) groups is 1. The minimum atomic E-state index is -1.27. The molecule has 1 fully saturated rings. The summed E-state index contributed by atoms with van der Waals surface area (Å²) < 4.78 is 35.0. The number of carboxylic acids is 1. The van der Waals surface area contributed by atoms with E-state index in [2.05, 4.69) is 4.98 Å². The van der Waals surface area contributed by atoms with Crippen molar-refractivity contribution in [1.82, 2.24) is 4.98 Å². The van der Waals surface area contributed by atoms with Crippen LogP contribution in [0.5, 0.6) is 0 Å². The molecule has 0 amide bonds. The fourth-order valence-corrected chi connectivity index (χ4v) is 3.36. The lowest BCUT2D eigenvalue weighted by Crippen LogP contribution is -1.99. The SMILES string of the molecule is CC.O=C(O)c1c[nH]c2cc(F)c(-c3ccc(C4CCCO4)cc3)c(F)c12. The highest BCUT2D eigenvalue weighted by atomic mass is 19.1. The van der Waals surface area contributed by atoms with Crippen LogP contribution in [0.1, 0.15) is 48.7 Å². The summed E-state index contributed by atoms with van der Waals surface area (Å²) in [5, 5.41) is 9.07. The first-order valence-electron chi connectivity index (χ1n) is 9.00. The van der Waals surface area contributed by atoms with Crippen molar-refractivity contribution >= 4 is 16.9 Å². The number of hydrogen-bond acceptors (Lipinski definition) is 2. The zero-order valence-corrected chi connectivity index (χ0v) is 15.2. The zero-order valence-electron chi connectivity index (χ0n) is 15.2. The molecule has 3 aromatic rings. The Morgan fingerprint density at radius 1 is 1.22 bits per heavy atom. The van der Waals surface area contributed by atoms with Gasteiger partial charge in [-0.25, -0.2) is 13.6 Å². The average molecular weight is 373 g/mol. The number of nitrogens with one attached hydrogen (secondary N) is 1. The van der Waals surface area contributed by atoms with Gasteiger partial charge in [-0.2, -0.15) is 0 Å². The van der Waals surface area contributed by atoms with Crippen LogP contribution in [0.3, 0.4) is 0 Å². The zero-order chi connectivity index (χ0) is 19.6.